The number of aliphatic imine (C=N–C) groups is 2. The summed E-state index contributed by atoms with van der Waals surface area (Å²) in [6.45, 7) is 9.17. The Bertz CT molecular complexity index is 304. The highest BCUT2D eigenvalue weighted by atomic mass is 14.7. The van der Waals surface area contributed by atoms with Crippen LogP contribution >= 0.6 is 0 Å². The lowest BCUT2D eigenvalue weighted by molar-refractivity contribution is 1.42. The number of allylic oxidation sites excluding steroid dienone is 5. The van der Waals surface area contributed by atoms with Gasteiger partial charge in [0.25, 0.3) is 0 Å². The molecule has 0 bridgehead atoms. The summed E-state index contributed by atoms with van der Waals surface area (Å²) in [4.78, 5) is 8.14. The van der Waals surface area contributed by atoms with Gasteiger partial charge in [-0.25, -0.2) is 0 Å². The van der Waals surface area contributed by atoms with Crippen molar-refractivity contribution >= 4 is 11.9 Å². The molecule has 0 radical (unpaired) electrons. The van der Waals surface area contributed by atoms with Gasteiger partial charge in [-0.2, -0.15) is 0 Å². The van der Waals surface area contributed by atoms with Gasteiger partial charge in [-0.05, 0) is 13.0 Å². The van der Waals surface area contributed by atoms with E-state index in [9.17, 15) is 0 Å². The van der Waals surface area contributed by atoms with E-state index in [0.29, 0.717) is 0 Å². The molecule has 0 amide bonds. The standard InChI is InChI=1S/C12H16N2/c1-5-8-9-12(13-4)11(6-2)10-14-7-3/h5-10H,1-2H2,3-4H3/b9-8-,11-10+,13-12+,14-7-. The van der Waals surface area contributed by atoms with Gasteiger partial charge >= 0.3 is 0 Å². The maximum Gasteiger partial charge on any atom is 0.0658 e. The van der Waals surface area contributed by atoms with Gasteiger partial charge in [0.05, 0.1) is 5.71 Å². The van der Waals surface area contributed by atoms with Gasteiger partial charge < -0.3 is 0 Å². The number of hydrogen-bond donors (Lipinski definition) is 0. The molecule has 0 spiro atoms. The van der Waals surface area contributed by atoms with Crippen LogP contribution in [0.2, 0.25) is 0 Å². The van der Waals surface area contributed by atoms with E-state index < -0.39 is 0 Å². The molecule has 0 rings (SSSR count). The summed E-state index contributed by atoms with van der Waals surface area (Å²) in [7, 11) is 1.73. The first kappa shape index (κ1) is 12.3. The molecular formula is C12H16N2. The van der Waals surface area contributed by atoms with Crippen molar-refractivity contribution in [2.75, 3.05) is 7.05 Å². The monoisotopic (exact) mass is 188 g/mol. The molecular weight excluding hydrogens is 172 g/mol. The van der Waals surface area contributed by atoms with Crippen molar-refractivity contribution in [2.24, 2.45) is 9.98 Å². The third-order valence-electron chi connectivity index (χ3n) is 1.51. The summed E-state index contributed by atoms with van der Waals surface area (Å²) in [5, 5.41) is 0. The fourth-order valence-electron chi connectivity index (χ4n) is 0.837. The maximum absolute atomic E-state index is 4.12. The van der Waals surface area contributed by atoms with Crippen LogP contribution in [0, 0.1) is 0 Å². The minimum atomic E-state index is 0.838. The zero-order valence-corrected chi connectivity index (χ0v) is 8.77. The molecule has 0 aromatic rings. The largest absolute Gasteiger partial charge is 0.288 e. The third kappa shape index (κ3) is 4.36. The molecule has 2 nitrogen and oxygen atoms in total. The quantitative estimate of drug-likeness (QED) is 0.468. The van der Waals surface area contributed by atoms with Crippen LogP contribution in [-0.4, -0.2) is 19.0 Å². The van der Waals surface area contributed by atoms with E-state index in [2.05, 4.69) is 23.1 Å². The first-order valence-electron chi connectivity index (χ1n) is 4.36. The second-order valence-electron chi connectivity index (χ2n) is 2.40. The van der Waals surface area contributed by atoms with Gasteiger partial charge in [0.2, 0.25) is 0 Å². The Hall–Kier alpha value is -1.70. The zero-order valence-electron chi connectivity index (χ0n) is 8.77. The SMILES string of the molecule is C=C\C=C/C(=N\C)C(/C=C)=C/N=C\C. The Kier molecular flexibility index (Phi) is 6.96. The number of hydrogen-bond acceptors (Lipinski definition) is 2. The normalized spacial score (nSPS) is 13.9. The average molecular weight is 188 g/mol. The summed E-state index contributed by atoms with van der Waals surface area (Å²) in [5.41, 5.74) is 1.73. The molecule has 0 aliphatic heterocycles. The topological polar surface area (TPSA) is 24.7 Å². The molecule has 0 aromatic carbocycles. The minimum Gasteiger partial charge on any atom is -0.288 e. The molecule has 74 valence electrons. The van der Waals surface area contributed by atoms with E-state index in [4.69, 9.17) is 0 Å². The zero-order chi connectivity index (χ0) is 10.8. The molecule has 0 saturated carbocycles. The number of rotatable bonds is 5. The van der Waals surface area contributed by atoms with Gasteiger partial charge in [-0.1, -0.05) is 31.4 Å². The highest BCUT2D eigenvalue weighted by Crippen LogP contribution is 2.02. The Morgan fingerprint density at radius 1 is 1.29 bits per heavy atom. The highest BCUT2D eigenvalue weighted by molar-refractivity contribution is 6.10. The minimum absolute atomic E-state index is 0.838. The molecule has 0 aliphatic rings. The van der Waals surface area contributed by atoms with Crippen LogP contribution in [0.25, 0.3) is 0 Å². The van der Waals surface area contributed by atoms with E-state index in [-0.39, 0.29) is 0 Å². The molecule has 0 saturated heterocycles. The van der Waals surface area contributed by atoms with Crippen molar-refractivity contribution in [2.45, 2.75) is 6.92 Å². The molecule has 0 aromatic heterocycles. The summed E-state index contributed by atoms with van der Waals surface area (Å²) < 4.78 is 0. The Labute approximate surface area is 85.8 Å². The van der Waals surface area contributed by atoms with Crippen molar-refractivity contribution in [1.29, 1.82) is 0 Å². The van der Waals surface area contributed by atoms with Gasteiger partial charge in [-0.15, -0.1) is 0 Å². The molecule has 0 unspecified atom stereocenters. The first-order chi connectivity index (χ1) is 6.79. The molecule has 0 fully saturated rings. The van der Waals surface area contributed by atoms with Crippen molar-refractivity contribution in [1.82, 2.24) is 0 Å². The van der Waals surface area contributed by atoms with Gasteiger partial charge in [0, 0.05) is 25.0 Å². The summed E-state index contributed by atoms with van der Waals surface area (Å²) >= 11 is 0. The molecule has 0 aliphatic carbocycles. The lowest BCUT2D eigenvalue weighted by Crippen LogP contribution is -1.95. The van der Waals surface area contributed by atoms with Crippen LogP contribution in [0.3, 0.4) is 0 Å². The smallest absolute Gasteiger partial charge is 0.0658 e. The van der Waals surface area contributed by atoms with Crippen LogP contribution in [0.1, 0.15) is 6.92 Å². The van der Waals surface area contributed by atoms with Crippen molar-refractivity contribution < 1.29 is 0 Å². The maximum atomic E-state index is 4.12. The Morgan fingerprint density at radius 3 is 2.43 bits per heavy atom. The fraction of sp³-hybridized carbons (Fsp3) is 0.167. The molecule has 0 N–H and O–H groups in total. The van der Waals surface area contributed by atoms with Gasteiger partial charge in [-0.3, -0.25) is 9.98 Å². The van der Waals surface area contributed by atoms with Crippen LogP contribution in [-0.2, 0) is 0 Å². The second kappa shape index (κ2) is 7.92. The predicted octanol–water partition coefficient (Wildman–Crippen LogP) is 2.96. The molecule has 0 atom stereocenters. The lowest BCUT2D eigenvalue weighted by atomic mass is 10.1. The van der Waals surface area contributed by atoms with Crippen LogP contribution in [0.4, 0.5) is 0 Å². The van der Waals surface area contributed by atoms with E-state index >= 15 is 0 Å². The Balaban J connectivity index is 4.89. The van der Waals surface area contributed by atoms with Crippen molar-refractivity contribution in [3.63, 3.8) is 0 Å². The van der Waals surface area contributed by atoms with Crippen molar-refractivity contribution in [3.05, 3.63) is 49.2 Å². The second-order valence-corrected chi connectivity index (χ2v) is 2.40. The van der Waals surface area contributed by atoms with Crippen LogP contribution in [0.15, 0.2) is 59.2 Å². The lowest BCUT2D eigenvalue weighted by Gasteiger charge is -1.98. The Morgan fingerprint density at radius 2 is 2.00 bits per heavy atom. The highest BCUT2D eigenvalue weighted by Gasteiger charge is 1.96. The van der Waals surface area contributed by atoms with Crippen molar-refractivity contribution in [3.8, 4) is 0 Å². The third-order valence-corrected chi connectivity index (χ3v) is 1.51. The van der Waals surface area contributed by atoms with Gasteiger partial charge in [0.15, 0.2) is 0 Å². The summed E-state index contributed by atoms with van der Waals surface area (Å²) in [5.74, 6) is 0. The van der Waals surface area contributed by atoms with Crippen LogP contribution in [0.5, 0.6) is 0 Å². The number of nitrogens with zero attached hydrogens (tertiary/aromatic N) is 2. The fourth-order valence-corrected chi connectivity index (χ4v) is 0.837. The molecule has 0 heterocycles. The first-order valence-corrected chi connectivity index (χ1v) is 4.36. The van der Waals surface area contributed by atoms with E-state index in [1.807, 2.05) is 19.1 Å². The van der Waals surface area contributed by atoms with E-state index in [1.165, 1.54) is 0 Å². The molecule has 14 heavy (non-hydrogen) atoms. The average Bonchev–Trinajstić information content (AvgIpc) is 2.23. The van der Waals surface area contributed by atoms with Crippen LogP contribution < -0.4 is 0 Å². The predicted molar refractivity (Wildman–Crippen MR) is 65.1 cm³/mol. The van der Waals surface area contributed by atoms with E-state index in [1.54, 1.807) is 31.6 Å². The summed E-state index contributed by atoms with van der Waals surface area (Å²) in [6, 6.07) is 0. The summed E-state index contributed by atoms with van der Waals surface area (Å²) in [6.07, 6.45) is 10.6. The molecule has 2 heteroatoms. The van der Waals surface area contributed by atoms with E-state index in [0.717, 1.165) is 11.3 Å². The van der Waals surface area contributed by atoms with Gasteiger partial charge in [0.1, 0.15) is 0 Å².